The Kier molecular flexibility index (Phi) is 7.74. The second kappa shape index (κ2) is 10.8. The molecule has 0 unspecified atom stereocenters. The van der Waals surface area contributed by atoms with Crippen molar-refractivity contribution < 1.29 is 28.5 Å². The van der Waals surface area contributed by atoms with Crippen molar-refractivity contribution in [2.24, 2.45) is 0 Å². The molecule has 11 nitrogen and oxygen atoms in total. The number of hydrogen-bond acceptors (Lipinski definition) is 9. The number of piperazine rings is 1. The molecule has 14 heteroatoms. The minimum atomic E-state index is -0.858. The van der Waals surface area contributed by atoms with Crippen molar-refractivity contribution in [1.82, 2.24) is 30.1 Å². The van der Waals surface area contributed by atoms with Crippen molar-refractivity contribution in [1.29, 1.82) is 0 Å². The van der Waals surface area contributed by atoms with Crippen LogP contribution in [-0.2, 0) is 16.1 Å². The summed E-state index contributed by atoms with van der Waals surface area (Å²) >= 11 is 4.89. The van der Waals surface area contributed by atoms with Gasteiger partial charge in [0.15, 0.2) is 11.6 Å². The molecule has 2 aliphatic heterocycles. The number of halogens is 2. The topological polar surface area (TPSA) is 119 Å². The van der Waals surface area contributed by atoms with Gasteiger partial charge in [-0.15, -0.1) is 5.10 Å². The summed E-state index contributed by atoms with van der Waals surface area (Å²) in [5.74, 6) is -1.63. The fourth-order valence-electron chi connectivity index (χ4n) is 4.17. The van der Waals surface area contributed by atoms with Crippen molar-refractivity contribution in [3.8, 4) is 5.69 Å². The van der Waals surface area contributed by atoms with E-state index in [2.05, 4.69) is 15.6 Å². The Morgan fingerprint density at radius 2 is 1.80 bits per heavy atom. The highest BCUT2D eigenvalue weighted by atomic mass is 32.1. The fraction of sp³-hybridized carbons (Fsp3) is 0.524. The van der Waals surface area contributed by atoms with Crippen LogP contribution in [0.2, 0.25) is 0 Å². The van der Waals surface area contributed by atoms with Crippen molar-refractivity contribution in [3.63, 3.8) is 0 Å². The van der Waals surface area contributed by atoms with Crippen molar-refractivity contribution in [2.45, 2.75) is 18.8 Å². The maximum absolute atomic E-state index is 15.0. The van der Waals surface area contributed by atoms with E-state index >= 15 is 0 Å². The van der Waals surface area contributed by atoms with E-state index in [-0.39, 0.29) is 61.7 Å². The number of likely N-dealkylation sites (tertiary alicyclic amines) is 1. The van der Waals surface area contributed by atoms with Crippen LogP contribution in [0.5, 0.6) is 0 Å². The van der Waals surface area contributed by atoms with Gasteiger partial charge in [0.1, 0.15) is 11.4 Å². The first-order valence-corrected chi connectivity index (χ1v) is 11.5. The van der Waals surface area contributed by atoms with Gasteiger partial charge in [0.25, 0.3) is 5.17 Å². The maximum atomic E-state index is 15.0. The third-order valence-electron chi connectivity index (χ3n) is 6.05. The first-order valence-electron chi connectivity index (χ1n) is 11.1. The number of amides is 1. The molecule has 1 aromatic carbocycles. The number of aliphatic hydroxyl groups is 2. The van der Waals surface area contributed by atoms with Crippen LogP contribution in [0.3, 0.4) is 0 Å². The summed E-state index contributed by atoms with van der Waals surface area (Å²) in [6.07, 6.45) is -0.187. The second-order valence-corrected chi connectivity index (χ2v) is 8.83. The van der Waals surface area contributed by atoms with Gasteiger partial charge in [-0.2, -0.15) is 0 Å². The number of anilines is 1. The molecule has 35 heavy (non-hydrogen) atoms. The van der Waals surface area contributed by atoms with E-state index in [4.69, 9.17) is 17.0 Å². The van der Waals surface area contributed by atoms with E-state index in [1.807, 2.05) is 0 Å². The van der Waals surface area contributed by atoms with Crippen LogP contribution in [0, 0.1) is 11.6 Å². The number of rotatable bonds is 6. The Bertz CT molecular complexity index is 1050. The zero-order valence-electron chi connectivity index (χ0n) is 19.1. The number of hydrogen-bond donors (Lipinski definition) is 3. The van der Waals surface area contributed by atoms with Crippen LogP contribution >= 0.6 is 12.2 Å². The summed E-state index contributed by atoms with van der Waals surface area (Å²) in [5, 5.41) is 30.1. The molecule has 4 rings (SSSR count). The summed E-state index contributed by atoms with van der Waals surface area (Å²) in [6.45, 7) is 1.95. The van der Waals surface area contributed by atoms with Gasteiger partial charge in [0.2, 0.25) is 5.91 Å². The second-order valence-electron chi connectivity index (χ2n) is 8.45. The highest BCUT2D eigenvalue weighted by Crippen LogP contribution is 2.27. The number of thiocarbonyl (C=S) groups is 1. The molecule has 190 valence electrons. The molecule has 3 heterocycles. The minimum absolute atomic E-state index is 0.0816. The molecule has 2 aromatic rings. The van der Waals surface area contributed by atoms with Crippen molar-refractivity contribution in [2.75, 3.05) is 57.8 Å². The maximum Gasteiger partial charge on any atom is 0.256 e. The average molecular weight is 512 g/mol. The van der Waals surface area contributed by atoms with Gasteiger partial charge in [-0.1, -0.05) is 5.21 Å². The molecule has 0 spiro atoms. The standard InChI is InChI=1S/C21H27F2N7O4S/c1-34-21(35)24-8-13-9-30(26-25-13)14-6-15(22)20(16(23)7-14)29-4-2-28(3-5-29)19(33)12-27-10-17(31)18(32)11-27/h6-7,9,17-18,31-32H,2-5,8,10-12H2,1H3,(H,24,35)/t17-,18-/m0/s1. The Labute approximate surface area is 205 Å². The summed E-state index contributed by atoms with van der Waals surface area (Å²) in [7, 11) is 1.43. The number of carbonyl (C=O) groups is 1. The van der Waals surface area contributed by atoms with Gasteiger partial charge in [0, 0.05) is 51.4 Å². The third-order valence-corrected chi connectivity index (χ3v) is 6.36. The molecule has 1 aromatic heterocycles. The SMILES string of the molecule is COC(=S)NCc1cn(-c2cc(F)c(N3CCN(C(=O)CN4C[C@H](O)[C@@H](O)C4)CC3)c(F)c2)nn1. The number of methoxy groups -OCH3 is 1. The summed E-state index contributed by atoms with van der Waals surface area (Å²) in [6, 6.07) is 2.37. The summed E-state index contributed by atoms with van der Waals surface area (Å²) in [5.41, 5.74) is 0.535. The normalized spacial score (nSPS) is 20.8. The number of nitrogens with one attached hydrogen (secondary N) is 1. The molecule has 0 bridgehead atoms. The molecule has 0 aliphatic carbocycles. The van der Waals surface area contributed by atoms with Gasteiger partial charge in [-0.05, 0) is 12.2 Å². The lowest BCUT2D eigenvalue weighted by atomic mass is 10.2. The lowest BCUT2D eigenvalue weighted by molar-refractivity contribution is -0.132. The van der Waals surface area contributed by atoms with Crippen LogP contribution in [0.15, 0.2) is 18.3 Å². The largest absolute Gasteiger partial charge is 0.474 e. The number of ether oxygens (including phenoxy) is 1. The van der Waals surface area contributed by atoms with E-state index in [0.717, 1.165) is 0 Å². The summed E-state index contributed by atoms with van der Waals surface area (Å²) in [4.78, 5) is 17.5. The highest BCUT2D eigenvalue weighted by Gasteiger charge is 2.32. The van der Waals surface area contributed by atoms with Crippen molar-refractivity contribution >= 4 is 29.0 Å². The van der Waals surface area contributed by atoms with E-state index in [9.17, 15) is 23.8 Å². The zero-order chi connectivity index (χ0) is 25.1. The lowest BCUT2D eigenvalue weighted by Crippen LogP contribution is -2.51. The van der Waals surface area contributed by atoms with Crippen molar-refractivity contribution in [3.05, 3.63) is 35.7 Å². The lowest BCUT2D eigenvalue weighted by Gasteiger charge is -2.37. The van der Waals surface area contributed by atoms with Crippen LogP contribution in [0.25, 0.3) is 5.69 Å². The molecule has 2 fully saturated rings. The molecule has 1 amide bonds. The number of β-amino-alcohol motifs (C(OH)–C–C–N with tert-alkyl or cyclic N) is 2. The van der Waals surface area contributed by atoms with Crippen LogP contribution in [0.4, 0.5) is 14.5 Å². The molecule has 0 radical (unpaired) electrons. The van der Waals surface area contributed by atoms with Gasteiger partial charge in [-0.25, -0.2) is 13.5 Å². The number of nitrogens with zero attached hydrogens (tertiary/aromatic N) is 6. The molecule has 2 saturated heterocycles. The van der Waals surface area contributed by atoms with Crippen LogP contribution in [0.1, 0.15) is 5.69 Å². The van der Waals surface area contributed by atoms with E-state index in [1.54, 1.807) is 14.7 Å². The molecular formula is C21H27F2N7O4S. The van der Waals surface area contributed by atoms with Gasteiger partial charge in [-0.3, -0.25) is 9.69 Å². The van der Waals surface area contributed by atoms with Crippen LogP contribution < -0.4 is 10.2 Å². The first-order chi connectivity index (χ1) is 16.7. The Balaban J connectivity index is 1.36. The van der Waals surface area contributed by atoms with E-state index in [0.29, 0.717) is 18.8 Å². The van der Waals surface area contributed by atoms with E-state index in [1.165, 1.54) is 30.1 Å². The molecule has 3 N–H and O–H groups in total. The Hall–Kier alpha value is -2.94. The predicted octanol–water partition coefficient (Wildman–Crippen LogP) is -0.748. The van der Waals surface area contributed by atoms with Gasteiger partial charge in [0.05, 0.1) is 44.3 Å². The predicted molar refractivity (Wildman–Crippen MR) is 125 cm³/mol. The smallest absolute Gasteiger partial charge is 0.256 e. The van der Waals surface area contributed by atoms with E-state index < -0.39 is 23.8 Å². The number of aliphatic hydroxyl groups excluding tert-OH is 2. The van der Waals surface area contributed by atoms with Gasteiger partial charge < -0.3 is 30.1 Å². The fourth-order valence-corrected chi connectivity index (χ4v) is 4.25. The Morgan fingerprint density at radius 3 is 2.40 bits per heavy atom. The Morgan fingerprint density at radius 1 is 1.17 bits per heavy atom. The monoisotopic (exact) mass is 511 g/mol. The zero-order valence-corrected chi connectivity index (χ0v) is 19.9. The summed E-state index contributed by atoms with van der Waals surface area (Å²) < 4.78 is 36.0. The molecule has 2 aliphatic rings. The number of benzene rings is 1. The minimum Gasteiger partial charge on any atom is -0.474 e. The molecule has 0 saturated carbocycles. The number of aromatic nitrogens is 3. The van der Waals surface area contributed by atoms with Gasteiger partial charge >= 0.3 is 0 Å². The third kappa shape index (κ3) is 5.83. The first kappa shape index (κ1) is 25.2. The highest BCUT2D eigenvalue weighted by molar-refractivity contribution is 7.80. The average Bonchev–Trinajstić information content (AvgIpc) is 3.43. The number of carbonyl (C=O) groups excluding carboxylic acids is 1. The quantitative estimate of drug-likeness (QED) is 0.428. The molecular weight excluding hydrogens is 484 g/mol. The molecule has 2 atom stereocenters. The van der Waals surface area contributed by atoms with Crippen LogP contribution in [-0.4, -0.2) is 111 Å².